The van der Waals surface area contributed by atoms with E-state index in [4.69, 9.17) is 0 Å². The summed E-state index contributed by atoms with van der Waals surface area (Å²) in [6.45, 7) is 6.46. The van der Waals surface area contributed by atoms with Crippen molar-refractivity contribution >= 4 is 11.7 Å². The van der Waals surface area contributed by atoms with Gasteiger partial charge in [-0.25, -0.2) is 4.98 Å². The van der Waals surface area contributed by atoms with Crippen molar-refractivity contribution in [3.8, 4) is 0 Å². The highest BCUT2D eigenvalue weighted by molar-refractivity contribution is 5.94. The van der Waals surface area contributed by atoms with Crippen LogP contribution in [-0.2, 0) is 12.0 Å². The van der Waals surface area contributed by atoms with E-state index < -0.39 is 0 Å². The first-order valence-electron chi connectivity index (χ1n) is 8.79. The lowest BCUT2D eigenvalue weighted by molar-refractivity contribution is 0.0932. The highest BCUT2D eigenvalue weighted by Gasteiger charge is 2.29. The molecular formula is C19H27N5O. The summed E-state index contributed by atoms with van der Waals surface area (Å²) < 4.78 is 2.09. The number of aromatic nitrogens is 3. The van der Waals surface area contributed by atoms with Crippen molar-refractivity contribution in [2.24, 2.45) is 0 Å². The SMILES string of the molecule is CN(C)c1ccc(C(=O)NC2CCCc3c2cnn3C(C)(C)C)cn1. The molecule has 0 saturated heterocycles. The molecule has 2 aromatic heterocycles. The Morgan fingerprint density at radius 2 is 2.04 bits per heavy atom. The van der Waals surface area contributed by atoms with Gasteiger partial charge in [-0.1, -0.05) is 0 Å². The van der Waals surface area contributed by atoms with Crippen molar-refractivity contribution in [1.82, 2.24) is 20.1 Å². The van der Waals surface area contributed by atoms with Crippen LogP contribution in [0.1, 0.15) is 61.3 Å². The quantitative estimate of drug-likeness (QED) is 0.932. The summed E-state index contributed by atoms with van der Waals surface area (Å²) in [4.78, 5) is 18.9. The topological polar surface area (TPSA) is 63.1 Å². The lowest BCUT2D eigenvalue weighted by atomic mass is 9.92. The van der Waals surface area contributed by atoms with Crippen LogP contribution in [0, 0.1) is 0 Å². The highest BCUT2D eigenvalue weighted by Crippen LogP contribution is 2.32. The number of hydrogen-bond donors (Lipinski definition) is 1. The number of rotatable bonds is 3. The summed E-state index contributed by atoms with van der Waals surface area (Å²) in [5.74, 6) is 0.752. The van der Waals surface area contributed by atoms with Gasteiger partial charge in [-0.15, -0.1) is 0 Å². The van der Waals surface area contributed by atoms with Crippen molar-refractivity contribution in [3.05, 3.63) is 41.3 Å². The van der Waals surface area contributed by atoms with E-state index in [-0.39, 0.29) is 17.5 Å². The molecule has 6 heteroatoms. The fraction of sp³-hybridized carbons (Fsp3) is 0.526. The molecule has 2 aromatic rings. The lowest BCUT2D eigenvalue weighted by Crippen LogP contribution is -2.32. The average Bonchev–Trinajstić information content (AvgIpc) is 3.00. The molecule has 1 N–H and O–H groups in total. The van der Waals surface area contributed by atoms with Gasteiger partial charge >= 0.3 is 0 Å². The maximum atomic E-state index is 12.6. The first-order valence-corrected chi connectivity index (χ1v) is 8.79. The zero-order valence-electron chi connectivity index (χ0n) is 15.7. The first-order chi connectivity index (χ1) is 11.8. The number of amides is 1. The van der Waals surface area contributed by atoms with Crippen LogP contribution in [-0.4, -0.2) is 34.8 Å². The van der Waals surface area contributed by atoms with E-state index in [1.165, 1.54) is 5.69 Å². The Bertz CT molecular complexity index is 755. The third-order valence-corrected chi connectivity index (χ3v) is 4.59. The van der Waals surface area contributed by atoms with E-state index in [2.05, 4.69) is 40.9 Å². The molecule has 25 heavy (non-hydrogen) atoms. The molecule has 1 amide bonds. The molecule has 134 valence electrons. The van der Waals surface area contributed by atoms with Gasteiger partial charge in [0.15, 0.2) is 0 Å². The summed E-state index contributed by atoms with van der Waals surface area (Å²) in [5.41, 5.74) is 2.92. The van der Waals surface area contributed by atoms with Gasteiger partial charge in [0, 0.05) is 31.5 Å². The van der Waals surface area contributed by atoms with Crippen LogP contribution >= 0.6 is 0 Å². The Hall–Kier alpha value is -2.37. The molecule has 0 saturated carbocycles. The molecule has 1 unspecified atom stereocenters. The standard InChI is InChI=1S/C19H27N5O/c1-19(2,3)24-16-8-6-7-15(14(16)12-21-24)22-18(25)13-9-10-17(20-11-13)23(4)5/h9-12,15H,6-8H2,1-5H3,(H,22,25). The minimum Gasteiger partial charge on any atom is -0.363 e. The number of pyridine rings is 1. The first kappa shape index (κ1) is 17.5. The molecule has 0 spiro atoms. The molecule has 0 aliphatic heterocycles. The van der Waals surface area contributed by atoms with Gasteiger partial charge < -0.3 is 10.2 Å². The predicted octanol–water partition coefficient (Wildman–Crippen LogP) is 2.91. The largest absolute Gasteiger partial charge is 0.363 e. The van der Waals surface area contributed by atoms with Gasteiger partial charge in [-0.05, 0) is 52.2 Å². The fourth-order valence-corrected chi connectivity index (χ4v) is 3.31. The second-order valence-electron chi connectivity index (χ2n) is 7.85. The van der Waals surface area contributed by atoms with Crippen LogP contribution in [0.4, 0.5) is 5.82 Å². The Balaban J connectivity index is 1.78. The number of hydrogen-bond acceptors (Lipinski definition) is 4. The fourth-order valence-electron chi connectivity index (χ4n) is 3.31. The second kappa shape index (κ2) is 6.50. The van der Waals surface area contributed by atoms with Crippen LogP contribution in [0.2, 0.25) is 0 Å². The Morgan fingerprint density at radius 3 is 2.64 bits per heavy atom. The van der Waals surface area contributed by atoms with Crippen molar-refractivity contribution in [1.29, 1.82) is 0 Å². The van der Waals surface area contributed by atoms with Gasteiger partial charge in [-0.3, -0.25) is 9.48 Å². The molecule has 0 fully saturated rings. The van der Waals surface area contributed by atoms with Gasteiger partial charge in [0.1, 0.15) is 5.82 Å². The Kier molecular flexibility index (Phi) is 4.54. The molecular weight excluding hydrogens is 314 g/mol. The molecule has 1 aliphatic rings. The van der Waals surface area contributed by atoms with Gasteiger partial charge in [-0.2, -0.15) is 5.10 Å². The summed E-state index contributed by atoms with van der Waals surface area (Å²) in [5, 5.41) is 7.74. The molecule has 0 bridgehead atoms. The number of anilines is 1. The van der Waals surface area contributed by atoms with Gasteiger partial charge in [0.2, 0.25) is 0 Å². The zero-order chi connectivity index (χ0) is 18.2. The van der Waals surface area contributed by atoms with Crippen LogP contribution in [0.25, 0.3) is 0 Å². The van der Waals surface area contributed by atoms with E-state index in [1.807, 2.05) is 37.3 Å². The average molecular weight is 341 g/mol. The molecule has 1 atom stereocenters. The van der Waals surface area contributed by atoms with E-state index in [9.17, 15) is 4.79 Å². The van der Waals surface area contributed by atoms with Crippen LogP contribution in [0.3, 0.4) is 0 Å². The molecule has 0 aromatic carbocycles. The minimum absolute atomic E-state index is 0.0147. The van der Waals surface area contributed by atoms with Crippen molar-refractivity contribution in [3.63, 3.8) is 0 Å². The van der Waals surface area contributed by atoms with Gasteiger partial charge in [0.25, 0.3) is 5.91 Å². The molecule has 1 aliphatic carbocycles. The monoisotopic (exact) mass is 341 g/mol. The van der Waals surface area contributed by atoms with Crippen molar-refractivity contribution in [2.75, 3.05) is 19.0 Å². The number of fused-ring (bicyclic) bond motifs is 1. The van der Waals surface area contributed by atoms with Crippen molar-refractivity contribution in [2.45, 2.75) is 51.6 Å². The van der Waals surface area contributed by atoms with E-state index in [1.54, 1.807) is 6.20 Å². The maximum Gasteiger partial charge on any atom is 0.253 e. The van der Waals surface area contributed by atoms with E-state index in [0.717, 1.165) is 30.6 Å². The van der Waals surface area contributed by atoms with Crippen LogP contribution in [0.15, 0.2) is 24.5 Å². The summed E-state index contributed by atoms with van der Waals surface area (Å²) in [7, 11) is 3.86. The summed E-state index contributed by atoms with van der Waals surface area (Å²) >= 11 is 0. The van der Waals surface area contributed by atoms with Gasteiger partial charge in [0.05, 0.1) is 23.3 Å². The number of nitrogens with one attached hydrogen (secondary N) is 1. The maximum absolute atomic E-state index is 12.6. The van der Waals surface area contributed by atoms with Crippen LogP contribution in [0.5, 0.6) is 0 Å². The number of carbonyl (C=O) groups is 1. The summed E-state index contributed by atoms with van der Waals surface area (Å²) in [6, 6.07) is 3.69. The van der Waals surface area contributed by atoms with Crippen LogP contribution < -0.4 is 10.2 Å². The normalized spacial score (nSPS) is 17.1. The zero-order valence-corrected chi connectivity index (χ0v) is 15.7. The van der Waals surface area contributed by atoms with E-state index >= 15 is 0 Å². The Labute approximate surface area is 149 Å². The predicted molar refractivity (Wildman–Crippen MR) is 98.9 cm³/mol. The highest BCUT2D eigenvalue weighted by atomic mass is 16.1. The van der Waals surface area contributed by atoms with E-state index in [0.29, 0.717) is 5.56 Å². The number of carbonyl (C=O) groups excluding carboxylic acids is 1. The molecule has 0 radical (unpaired) electrons. The summed E-state index contributed by atoms with van der Waals surface area (Å²) in [6.07, 6.45) is 6.55. The molecule has 3 rings (SSSR count). The second-order valence-corrected chi connectivity index (χ2v) is 7.85. The number of nitrogens with zero attached hydrogens (tertiary/aromatic N) is 4. The third-order valence-electron chi connectivity index (χ3n) is 4.59. The minimum atomic E-state index is -0.0841. The van der Waals surface area contributed by atoms with Crippen molar-refractivity contribution < 1.29 is 4.79 Å². The lowest BCUT2D eigenvalue weighted by Gasteiger charge is -2.28. The Morgan fingerprint density at radius 1 is 1.28 bits per heavy atom. The molecule has 2 heterocycles. The third kappa shape index (κ3) is 3.52. The smallest absolute Gasteiger partial charge is 0.253 e. The molecule has 6 nitrogen and oxygen atoms in total.